The van der Waals surface area contributed by atoms with Crippen LogP contribution in [0.25, 0.3) is 0 Å². The molecule has 0 aromatic heterocycles. The highest BCUT2D eigenvalue weighted by molar-refractivity contribution is 4.84. The van der Waals surface area contributed by atoms with Crippen molar-refractivity contribution in [3.8, 4) is 0 Å². The van der Waals surface area contributed by atoms with Crippen LogP contribution in [0.1, 0.15) is 38.5 Å². The third-order valence-corrected chi connectivity index (χ3v) is 4.04. The first kappa shape index (κ1) is 12.3. The minimum atomic E-state index is 0.351. The lowest BCUT2D eigenvalue weighted by Crippen LogP contribution is -2.40. The summed E-state index contributed by atoms with van der Waals surface area (Å²) < 4.78 is 0. The van der Waals surface area contributed by atoms with Gasteiger partial charge >= 0.3 is 0 Å². The van der Waals surface area contributed by atoms with E-state index in [0.717, 1.165) is 18.9 Å². The fourth-order valence-corrected chi connectivity index (χ4v) is 3.04. The first-order chi connectivity index (χ1) is 7.90. The molecule has 2 heterocycles. The molecule has 1 atom stereocenters. The van der Waals surface area contributed by atoms with Crippen LogP contribution in [0.4, 0.5) is 0 Å². The van der Waals surface area contributed by atoms with Crippen LogP contribution in [-0.2, 0) is 0 Å². The highest BCUT2D eigenvalue weighted by atomic mass is 16.2. The van der Waals surface area contributed by atoms with E-state index < -0.39 is 0 Å². The van der Waals surface area contributed by atoms with Crippen molar-refractivity contribution in [2.75, 3.05) is 39.3 Å². The summed E-state index contributed by atoms with van der Waals surface area (Å²) in [7, 11) is 0. The molecule has 2 aliphatic rings. The van der Waals surface area contributed by atoms with Gasteiger partial charge in [-0.15, -0.1) is 0 Å². The predicted octanol–water partition coefficient (Wildman–Crippen LogP) is 1.32. The zero-order chi connectivity index (χ0) is 11.2. The van der Waals surface area contributed by atoms with Crippen LogP contribution in [0, 0.1) is 0 Å². The number of unbranched alkanes of at least 4 members (excludes halogenated alkanes) is 1. The van der Waals surface area contributed by atoms with Crippen LogP contribution < -0.4 is 0 Å². The van der Waals surface area contributed by atoms with E-state index in [9.17, 15) is 0 Å². The topological polar surface area (TPSA) is 26.7 Å². The summed E-state index contributed by atoms with van der Waals surface area (Å²) in [4.78, 5) is 5.28. The molecule has 0 saturated carbocycles. The van der Waals surface area contributed by atoms with Gasteiger partial charge in [0, 0.05) is 19.2 Å². The molecule has 2 saturated heterocycles. The van der Waals surface area contributed by atoms with Crippen LogP contribution in [0.2, 0.25) is 0 Å². The van der Waals surface area contributed by atoms with Gasteiger partial charge in [0.1, 0.15) is 0 Å². The van der Waals surface area contributed by atoms with Crippen molar-refractivity contribution >= 4 is 0 Å². The van der Waals surface area contributed by atoms with E-state index in [1.165, 1.54) is 58.4 Å². The lowest BCUT2D eigenvalue weighted by Gasteiger charge is -2.32. The Kier molecular flexibility index (Phi) is 5.07. The van der Waals surface area contributed by atoms with E-state index in [1.807, 2.05) is 0 Å². The van der Waals surface area contributed by atoms with E-state index in [0.29, 0.717) is 6.61 Å². The summed E-state index contributed by atoms with van der Waals surface area (Å²) in [6.07, 6.45) is 7.72. The minimum Gasteiger partial charge on any atom is -0.396 e. The Balaban J connectivity index is 1.66. The second-order valence-electron chi connectivity index (χ2n) is 5.27. The molecule has 2 fully saturated rings. The van der Waals surface area contributed by atoms with Crippen LogP contribution in [0.15, 0.2) is 0 Å². The SMILES string of the molecule is OCCCCN1CCC(N2CCCCC2)C1. The molecule has 3 nitrogen and oxygen atoms in total. The van der Waals surface area contributed by atoms with Gasteiger partial charge in [-0.3, -0.25) is 4.90 Å². The molecule has 0 aliphatic carbocycles. The summed E-state index contributed by atoms with van der Waals surface area (Å²) in [5, 5.41) is 8.77. The Morgan fingerprint density at radius 3 is 2.56 bits per heavy atom. The van der Waals surface area contributed by atoms with Crippen molar-refractivity contribution in [3.63, 3.8) is 0 Å². The smallest absolute Gasteiger partial charge is 0.0431 e. The van der Waals surface area contributed by atoms with Crippen molar-refractivity contribution < 1.29 is 5.11 Å². The maximum Gasteiger partial charge on any atom is 0.0431 e. The second kappa shape index (κ2) is 6.58. The lowest BCUT2D eigenvalue weighted by atomic mass is 10.1. The normalized spacial score (nSPS) is 28.7. The van der Waals surface area contributed by atoms with Gasteiger partial charge in [0.05, 0.1) is 0 Å². The molecule has 0 radical (unpaired) electrons. The molecule has 2 aliphatic heterocycles. The third kappa shape index (κ3) is 3.44. The Labute approximate surface area is 99.4 Å². The number of nitrogens with zero attached hydrogens (tertiary/aromatic N) is 2. The average Bonchev–Trinajstić information content (AvgIpc) is 2.79. The third-order valence-electron chi connectivity index (χ3n) is 4.04. The van der Waals surface area contributed by atoms with Crippen molar-refractivity contribution in [3.05, 3.63) is 0 Å². The highest BCUT2D eigenvalue weighted by Gasteiger charge is 2.27. The van der Waals surface area contributed by atoms with Crippen molar-refractivity contribution in [2.24, 2.45) is 0 Å². The van der Waals surface area contributed by atoms with Gasteiger partial charge in [-0.25, -0.2) is 0 Å². The van der Waals surface area contributed by atoms with Gasteiger partial charge in [0.15, 0.2) is 0 Å². The predicted molar refractivity (Wildman–Crippen MR) is 66.6 cm³/mol. The molecule has 0 spiro atoms. The monoisotopic (exact) mass is 226 g/mol. The molecular weight excluding hydrogens is 200 g/mol. The number of rotatable bonds is 5. The second-order valence-corrected chi connectivity index (χ2v) is 5.27. The number of hydrogen-bond donors (Lipinski definition) is 1. The Hall–Kier alpha value is -0.120. The molecule has 16 heavy (non-hydrogen) atoms. The van der Waals surface area contributed by atoms with Gasteiger partial charge in [-0.2, -0.15) is 0 Å². The zero-order valence-corrected chi connectivity index (χ0v) is 10.4. The molecule has 2 rings (SSSR count). The van der Waals surface area contributed by atoms with E-state index >= 15 is 0 Å². The molecule has 94 valence electrons. The Morgan fingerprint density at radius 2 is 1.81 bits per heavy atom. The fraction of sp³-hybridized carbons (Fsp3) is 1.00. The molecule has 3 heteroatoms. The fourth-order valence-electron chi connectivity index (χ4n) is 3.04. The molecular formula is C13H26N2O. The first-order valence-electron chi connectivity index (χ1n) is 6.97. The summed E-state index contributed by atoms with van der Waals surface area (Å²) >= 11 is 0. The van der Waals surface area contributed by atoms with Crippen LogP contribution in [-0.4, -0.2) is 60.3 Å². The summed E-state index contributed by atoms with van der Waals surface area (Å²) in [5.41, 5.74) is 0. The van der Waals surface area contributed by atoms with Gasteiger partial charge in [-0.05, 0) is 58.3 Å². The van der Waals surface area contributed by atoms with Crippen molar-refractivity contribution in [1.29, 1.82) is 0 Å². The molecule has 0 aromatic rings. The van der Waals surface area contributed by atoms with Gasteiger partial charge < -0.3 is 10.0 Å². The van der Waals surface area contributed by atoms with E-state index in [1.54, 1.807) is 0 Å². The Morgan fingerprint density at radius 1 is 1.00 bits per heavy atom. The van der Waals surface area contributed by atoms with E-state index in [4.69, 9.17) is 5.11 Å². The van der Waals surface area contributed by atoms with Gasteiger partial charge in [-0.1, -0.05) is 6.42 Å². The molecule has 1 N–H and O–H groups in total. The quantitative estimate of drug-likeness (QED) is 0.716. The van der Waals surface area contributed by atoms with E-state index in [2.05, 4.69) is 9.80 Å². The van der Waals surface area contributed by atoms with Crippen molar-refractivity contribution in [1.82, 2.24) is 9.80 Å². The molecule has 0 bridgehead atoms. The number of piperidine rings is 1. The van der Waals surface area contributed by atoms with Gasteiger partial charge in [0.25, 0.3) is 0 Å². The summed E-state index contributed by atoms with van der Waals surface area (Å²) in [5.74, 6) is 0. The maximum absolute atomic E-state index is 8.77. The number of likely N-dealkylation sites (tertiary alicyclic amines) is 2. The van der Waals surface area contributed by atoms with Crippen LogP contribution in [0.5, 0.6) is 0 Å². The summed E-state index contributed by atoms with van der Waals surface area (Å²) in [6, 6.07) is 0.828. The lowest BCUT2D eigenvalue weighted by molar-refractivity contribution is 0.161. The van der Waals surface area contributed by atoms with Gasteiger partial charge in [0.2, 0.25) is 0 Å². The maximum atomic E-state index is 8.77. The zero-order valence-electron chi connectivity index (χ0n) is 10.4. The van der Waals surface area contributed by atoms with Crippen LogP contribution >= 0.6 is 0 Å². The number of aliphatic hydroxyl groups excluding tert-OH is 1. The van der Waals surface area contributed by atoms with E-state index in [-0.39, 0.29) is 0 Å². The summed E-state index contributed by atoms with van der Waals surface area (Å²) in [6.45, 7) is 6.73. The largest absolute Gasteiger partial charge is 0.396 e. The molecule has 0 amide bonds. The molecule has 1 unspecified atom stereocenters. The Bertz CT molecular complexity index is 192. The first-order valence-corrected chi connectivity index (χ1v) is 6.97. The number of hydrogen-bond acceptors (Lipinski definition) is 3. The van der Waals surface area contributed by atoms with Crippen molar-refractivity contribution in [2.45, 2.75) is 44.6 Å². The number of aliphatic hydroxyl groups is 1. The average molecular weight is 226 g/mol. The standard InChI is InChI=1S/C13H26N2O/c16-11-5-4-7-14-10-6-13(12-14)15-8-2-1-3-9-15/h13,16H,1-12H2. The minimum absolute atomic E-state index is 0.351. The highest BCUT2D eigenvalue weighted by Crippen LogP contribution is 2.20. The van der Waals surface area contributed by atoms with Crippen LogP contribution in [0.3, 0.4) is 0 Å². The molecule has 0 aromatic carbocycles.